The Labute approximate surface area is 91.2 Å². The quantitative estimate of drug-likeness (QED) is 0.337. The summed E-state index contributed by atoms with van der Waals surface area (Å²) < 4.78 is 0. The average Bonchev–Trinajstić information content (AvgIpc) is 2.29. The number of carbonyl (C=O) groups excluding carboxylic acids is 1. The van der Waals surface area contributed by atoms with Crippen LogP contribution in [0.4, 0.5) is 0 Å². The van der Waals surface area contributed by atoms with E-state index in [9.17, 15) is 0 Å². The van der Waals surface area contributed by atoms with Crippen LogP contribution < -0.4 is 0 Å². The zero-order valence-corrected chi connectivity index (χ0v) is 10.8. The fourth-order valence-corrected chi connectivity index (χ4v) is 0.136. The summed E-state index contributed by atoms with van der Waals surface area (Å²) >= 11 is 0. The van der Waals surface area contributed by atoms with Gasteiger partial charge in [-0.15, -0.1) is 13.2 Å². The first kappa shape index (κ1) is 29.3. The predicted molar refractivity (Wildman–Crippen MR) is 70.7 cm³/mol. The minimum Gasteiger partial charge on any atom is -0.304 e. The van der Waals surface area contributed by atoms with E-state index < -0.39 is 0 Å². The number of allylic oxidation sites excluding steroid dienone is 3. The van der Waals surface area contributed by atoms with Crippen LogP contribution in [0.3, 0.4) is 0 Å². The van der Waals surface area contributed by atoms with Gasteiger partial charge in [0, 0.05) is 0 Å². The van der Waals surface area contributed by atoms with Crippen molar-refractivity contribution in [3.05, 3.63) is 38.0 Å². The molecule has 0 N–H and O–H groups in total. The number of carbonyl (C=O) groups is 1. The van der Waals surface area contributed by atoms with E-state index in [1.165, 1.54) is 6.92 Å². The first-order chi connectivity index (χ1) is 6.83. The van der Waals surface area contributed by atoms with E-state index in [-0.39, 0.29) is 0 Å². The summed E-state index contributed by atoms with van der Waals surface area (Å²) in [6, 6.07) is 0. The molecule has 0 aromatic rings. The largest absolute Gasteiger partial charge is 0.304 e. The van der Waals surface area contributed by atoms with E-state index in [1.54, 1.807) is 6.08 Å². The first-order valence-electron chi connectivity index (χ1n) is 4.97. The molecule has 0 spiro atoms. The minimum absolute atomic E-state index is 0.750. The zero-order chi connectivity index (χ0) is 12.8. The number of rotatable bonds is 1. The average molecular weight is 200 g/mol. The van der Waals surface area contributed by atoms with Gasteiger partial charge in [0.25, 0.3) is 0 Å². The third kappa shape index (κ3) is 1340. The molecule has 0 aromatic carbocycles. The van der Waals surface area contributed by atoms with Crippen molar-refractivity contribution in [2.45, 2.75) is 41.5 Å². The van der Waals surface area contributed by atoms with Crippen molar-refractivity contribution in [1.82, 2.24) is 0 Å². The molecule has 0 heterocycles. The molecule has 0 saturated heterocycles. The lowest BCUT2D eigenvalue weighted by Crippen LogP contribution is -1.36. The topological polar surface area (TPSA) is 17.1 Å². The molecule has 0 saturated carbocycles. The van der Waals surface area contributed by atoms with E-state index in [0.717, 1.165) is 6.29 Å². The second kappa shape index (κ2) is 169. The molecule has 0 aliphatic carbocycles. The van der Waals surface area contributed by atoms with Gasteiger partial charge in [0.2, 0.25) is 0 Å². The van der Waals surface area contributed by atoms with Crippen LogP contribution in [0.15, 0.2) is 38.0 Å². The van der Waals surface area contributed by atoms with Crippen LogP contribution in [-0.4, -0.2) is 6.29 Å². The van der Waals surface area contributed by atoms with Gasteiger partial charge in [0.1, 0.15) is 6.29 Å². The van der Waals surface area contributed by atoms with Crippen molar-refractivity contribution < 1.29 is 4.79 Å². The Kier molecular flexibility index (Phi) is 353. The molecular formula is C13H28O. The van der Waals surface area contributed by atoms with Crippen LogP contribution in [0.1, 0.15) is 41.5 Å². The van der Waals surface area contributed by atoms with Gasteiger partial charge in [0.15, 0.2) is 0 Å². The van der Waals surface area contributed by atoms with Crippen molar-refractivity contribution >= 4 is 6.29 Å². The Hall–Kier alpha value is -1.11. The maximum absolute atomic E-state index is 8.81. The predicted octanol–water partition coefficient (Wildman–Crippen LogP) is 4.81. The van der Waals surface area contributed by atoms with Gasteiger partial charge in [-0.25, -0.2) is 0 Å². The van der Waals surface area contributed by atoms with Crippen molar-refractivity contribution in [3.8, 4) is 0 Å². The molecule has 0 fully saturated rings. The normalized spacial score (nSPS) is 5.29. The van der Waals surface area contributed by atoms with Crippen molar-refractivity contribution in [2.24, 2.45) is 0 Å². The molecule has 0 aliphatic heterocycles. The van der Waals surface area contributed by atoms with Crippen molar-refractivity contribution in [2.75, 3.05) is 0 Å². The summed E-state index contributed by atoms with van der Waals surface area (Å²) in [6.07, 6.45) is 6.33. The summed E-state index contributed by atoms with van der Waals surface area (Å²) in [5, 5.41) is 0. The molecule has 0 atom stereocenters. The van der Waals surface area contributed by atoms with Crippen LogP contribution in [0.5, 0.6) is 0 Å². The molecule has 14 heavy (non-hydrogen) atoms. The SMILES string of the molecule is C=C.C=C/C=C\C.CC.CC.CC=O. The highest BCUT2D eigenvalue weighted by molar-refractivity contribution is 5.44. The van der Waals surface area contributed by atoms with E-state index >= 15 is 0 Å². The lowest BCUT2D eigenvalue weighted by atomic mass is 10.5. The standard InChI is InChI=1S/C5H8.C2H4O.2C2H6.C2H4/c1-3-5-4-2;1-2-3;3*1-2/h3-5H,1H2,2H3;2H,1H3;2*1-2H3;1-2H2/b5-4-;;;;. The molecule has 1 nitrogen and oxygen atoms in total. The highest BCUT2D eigenvalue weighted by Gasteiger charge is 1.42. The second-order valence-corrected chi connectivity index (χ2v) is 0.997. The van der Waals surface area contributed by atoms with Crippen LogP contribution in [0, 0.1) is 0 Å². The highest BCUT2D eigenvalue weighted by atomic mass is 16.1. The third-order valence-corrected chi connectivity index (χ3v) is 0.329. The minimum atomic E-state index is 0.750. The molecule has 0 radical (unpaired) electrons. The molecule has 86 valence electrons. The summed E-state index contributed by atoms with van der Waals surface area (Å²) in [7, 11) is 0. The fraction of sp³-hybridized carbons (Fsp3) is 0.462. The molecule has 0 amide bonds. The molecule has 0 aromatic heterocycles. The summed E-state index contributed by atoms with van der Waals surface area (Å²) in [5.74, 6) is 0. The number of hydrogen-bond donors (Lipinski definition) is 0. The Morgan fingerprint density at radius 3 is 1.14 bits per heavy atom. The Morgan fingerprint density at radius 2 is 1.14 bits per heavy atom. The first-order valence-corrected chi connectivity index (χ1v) is 4.97. The van der Waals surface area contributed by atoms with Crippen LogP contribution in [0.2, 0.25) is 0 Å². The maximum atomic E-state index is 8.81. The van der Waals surface area contributed by atoms with E-state index in [2.05, 4.69) is 19.7 Å². The Balaban J connectivity index is -0.0000000263. The molecule has 1 heteroatoms. The van der Waals surface area contributed by atoms with E-state index in [1.807, 2.05) is 46.8 Å². The van der Waals surface area contributed by atoms with Crippen molar-refractivity contribution in [1.29, 1.82) is 0 Å². The van der Waals surface area contributed by atoms with Gasteiger partial charge in [-0.3, -0.25) is 0 Å². The molecule has 0 rings (SSSR count). The summed E-state index contributed by atoms with van der Waals surface area (Å²) in [5.41, 5.74) is 0. The smallest absolute Gasteiger partial charge is 0.116 e. The van der Waals surface area contributed by atoms with E-state index in [0.29, 0.717) is 0 Å². The molecule has 0 aliphatic rings. The number of aldehydes is 1. The second-order valence-electron chi connectivity index (χ2n) is 0.997. The van der Waals surface area contributed by atoms with Gasteiger partial charge < -0.3 is 4.79 Å². The van der Waals surface area contributed by atoms with Crippen LogP contribution in [-0.2, 0) is 4.79 Å². The maximum Gasteiger partial charge on any atom is 0.116 e. The lowest BCUT2D eigenvalue weighted by molar-refractivity contribution is -0.106. The lowest BCUT2D eigenvalue weighted by Gasteiger charge is -1.56. The van der Waals surface area contributed by atoms with Gasteiger partial charge in [-0.1, -0.05) is 52.5 Å². The summed E-state index contributed by atoms with van der Waals surface area (Å²) in [6.45, 7) is 20.9. The zero-order valence-electron chi connectivity index (χ0n) is 10.8. The fourth-order valence-electron chi connectivity index (χ4n) is 0.136. The van der Waals surface area contributed by atoms with Gasteiger partial charge in [-0.05, 0) is 13.8 Å². The third-order valence-electron chi connectivity index (χ3n) is 0.329. The Bertz CT molecular complexity index is 83.2. The molecular weight excluding hydrogens is 172 g/mol. The van der Waals surface area contributed by atoms with Crippen LogP contribution >= 0.6 is 0 Å². The highest BCUT2D eigenvalue weighted by Crippen LogP contribution is 1.64. The number of hydrogen-bond acceptors (Lipinski definition) is 1. The Morgan fingerprint density at radius 1 is 0.929 bits per heavy atom. The van der Waals surface area contributed by atoms with Gasteiger partial charge >= 0.3 is 0 Å². The van der Waals surface area contributed by atoms with E-state index in [4.69, 9.17) is 4.79 Å². The van der Waals surface area contributed by atoms with Crippen molar-refractivity contribution in [3.63, 3.8) is 0 Å². The van der Waals surface area contributed by atoms with Gasteiger partial charge in [-0.2, -0.15) is 0 Å². The van der Waals surface area contributed by atoms with Crippen LogP contribution in [0.25, 0.3) is 0 Å². The monoisotopic (exact) mass is 200 g/mol. The molecule has 0 bridgehead atoms. The van der Waals surface area contributed by atoms with Gasteiger partial charge in [0.05, 0.1) is 0 Å². The summed E-state index contributed by atoms with van der Waals surface area (Å²) in [4.78, 5) is 8.81. The molecule has 0 unspecified atom stereocenters.